The van der Waals surface area contributed by atoms with Gasteiger partial charge in [0.05, 0.1) is 12.2 Å². The second-order valence-electron chi connectivity index (χ2n) is 4.96. The Kier molecular flexibility index (Phi) is 4.78. The summed E-state index contributed by atoms with van der Waals surface area (Å²) >= 11 is 0. The molecule has 102 valence electrons. The lowest BCUT2D eigenvalue weighted by molar-refractivity contribution is 0.0797. The van der Waals surface area contributed by atoms with Crippen LogP contribution >= 0.6 is 0 Å². The summed E-state index contributed by atoms with van der Waals surface area (Å²) in [7, 11) is 0. The Labute approximate surface area is 105 Å². The van der Waals surface area contributed by atoms with Crippen LogP contribution in [0.1, 0.15) is 32.4 Å². The molecule has 3 nitrogen and oxygen atoms in total. The zero-order valence-corrected chi connectivity index (χ0v) is 10.7. The van der Waals surface area contributed by atoms with Gasteiger partial charge in [0.15, 0.2) is 0 Å². The molecule has 0 aliphatic rings. The van der Waals surface area contributed by atoms with Gasteiger partial charge in [0.25, 0.3) is 0 Å². The van der Waals surface area contributed by atoms with Crippen molar-refractivity contribution in [3.8, 4) is 0 Å². The molecule has 2 atom stereocenters. The van der Waals surface area contributed by atoms with Crippen molar-refractivity contribution in [2.75, 3.05) is 6.54 Å². The van der Waals surface area contributed by atoms with Gasteiger partial charge in [-0.2, -0.15) is 0 Å². The Balaban J connectivity index is 2.69. The Bertz CT molecular complexity index is 408. The zero-order valence-electron chi connectivity index (χ0n) is 10.7. The van der Waals surface area contributed by atoms with Crippen LogP contribution in [0.15, 0.2) is 18.2 Å². The molecule has 0 aliphatic carbocycles. The van der Waals surface area contributed by atoms with E-state index in [0.29, 0.717) is 0 Å². The fourth-order valence-electron chi connectivity index (χ4n) is 1.39. The van der Waals surface area contributed by atoms with E-state index in [0.717, 1.165) is 12.1 Å². The van der Waals surface area contributed by atoms with Gasteiger partial charge < -0.3 is 15.5 Å². The molecule has 18 heavy (non-hydrogen) atoms. The summed E-state index contributed by atoms with van der Waals surface area (Å²) in [5.41, 5.74) is -0.567. The van der Waals surface area contributed by atoms with Gasteiger partial charge in [-0.3, -0.25) is 0 Å². The van der Waals surface area contributed by atoms with Crippen molar-refractivity contribution in [3.63, 3.8) is 0 Å². The minimum absolute atomic E-state index is 0.0327. The van der Waals surface area contributed by atoms with Gasteiger partial charge in [-0.25, -0.2) is 8.78 Å². The van der Waals surface area contributed by atoms with E-state index in [1.165, 1.54) is 6.07 Å². The third-order valence-corrected chi connectivity index (χ3v) is 3.12. The lowest BCUT2D eigenvalue weighted by Crippen LogP contribution is -2.49. The Hall–Kier alpha value is -1.04. The molecule has 1 rings (SSSR count). The van der Waals surface area contributed by atoms with Gasteiger partial charge in [0.2, 0.25) is 0 Å². The number of halogens is 2. The molecule has 0 radical (unpaired) electrons. The van der Waals surface area contributed by atoms with Crippen LogP contribution in [0.4, 0.5) is 8.78 Å². The second kappa shape index (κ2) is 5.73. The number of rotatable bonds is 5. The summed E-state index contributed by atoms with van der Waals surface area (Å²) in [5, 5.41) is 22.3. The number of hydrogen-bond donors (Lipinski definition) is 3. The predicted molar refractivity (Wildman–Crippen MR) is 65.1 cm³/mol. The monoisotopic (exact) mass is 259 g/mol. The molecule has 3 N–H and O–H groups in total. The number of nitrogens with one attached hydrogen (secondary N) is 1. The van der Waals surface area contributed by atoms with Crippen LogP contribution in [0.25, 0.3) is 0 Å². The van der Waals surface area contributed by atoms with Gasteiger partial charge in [-0.05, 0) is 26.8 Å². The van der Waals surface area contributed by atoms with Crippen LogP contribution in [-0.2, 0) is 0 Å². The first-order chi connectivity index (χ1) is 8.24. The topological polar surface area (TPSA) is 52.5 Å². The molecule has 0 saturated carbocycles. The lowest BCUT2D eigenvalue weighted by Gasteiger charge is -2.30. The van der Waals surface area contributed by atoms with E-state index in [1.54, 1.807) is 20.8 Å². The molecule has 0 fully saturated rings. The molecule has 0 amide bonds. The maximum absolute atomic E-state index is 13.4. The summed E-state index contributed by atoms with van der Waals surface area (Å²) < 4.78 is 26.1. The fourth-order valence-corrected chi connectivity index (χ4v) is 1.39. The van der Waals surface area contributed by atoms with Crippen molar-refractivity contribution >= 4 is 0 Å². The van der Waals surface area contributed by atoms with E-state index in [9.17, 15) is 19.0 Å². The Morgan fingerprint density at radius 3 is 2.39 bits per heavy atom. The maximum atomic E-state index is 13.4. The van der Waals surface area contributed by atoms with Crippen LogP contribution in [0.2, 0.25) is 0 Å². The van der Waals surface area contributed by atoms with E-state index >= 15 is 0 Å². The van der Waals surface area contributed by atoms with Crippen molar-refractivity contribution in [2.24, 2.45) is 0 Å². The third kappa shape index (κ3) is 3.73. The van der Waals surface area contributed by atoms with E-state index in [4.69, 9.17) is 0 Å². The van der Waals surface area contributed by atoms with E-state index < -0.39 is 29.4 Å². The van der Waals surface area contributed by atoms with Crippen molar-refractivity contribution in [1.29, 1.82) is 0 Å². The van der Waals surface area contributed by atoms with Crippen LogP contribution in [0, 0.1) is 11.6 Å². The van der Waals surface area contributed by atoms with Gasteiger partial charge in [0.1, 0.15) is 11.6 Å². The average Bonchev–Trinajstić information content (AvgIpc) is 2.25. The first kappa shape index (κ1) is 15.0. The molecule has 1 aromatic rings. The number of aliphatic hydroxyl groups is 2. The molecule has 5 heteroatoms. The zero-order chi connectivity index (χ0) is 13.9. The maximum Gasteiger partial charge on any atom is 0.131 e. The highest BCUT2D eigenvalue weighted by Crippen LogP contribution is 2.18. The van der Waals surface area contributed by atoms with Crippen LogP contribution < -0.4 is 5.32 Å². The standard InChI is InChI=1S/C13H19F2NO2/c1-8(17)13(2,3)16-7-12(18)10-5-4-9(14)6-11(10)15/h4-6,8,12,16-18H,7H2,1-3H3. The fraction of sp³-hybridized carbons (Fsp3) is 0.538. The molecule has 0 bridgehead atoms. The molecule has 0 spiro atoms. The minimum atomic E-state index is -1.09. The molecule has 0 aliphatic heterocycles. The van der Waals surface area contributed by atoms with Crippen LogP contribution in [-0.4, -0.2) is 28.4 Å². The Morgan fingerprint density at radius 2 is 1.89 bits per heavy atom. The summed E-state index contributed by atoms with van der Waals surface area (Å²) in [6.07, 6.45) is -1.72. The highest BCUT2D eigenvalue weighted by atomic mass is 19.1. The van der Waals surface area contributed by atoms with Crippen molar-refractivity contribution in [3.05, 3.63) is 35.4 Å². The minimum Gasteiger partial charge on any atom is -0.392 e. The van der Waals surface area contributed by atoms with Crippen molar-refractivity contribution < 1.29 is 19.0 Å². The van der Waals surface area contributed by atoms with Crippen molar-refractivity contribution in [2.45, 2.75) is 38.5 Å². The molecule has 0 saturated heterocycles. The van der Waals surface area contributed by atoms with Gasteiger partial charge in [0, 0.05) is 23.7 Å². The summed E-state index contributed by atoms with van der Waals surface area (Å²) in [4.78, 5) is 0. The quantitative estimate of drug-likeness (QED) is 0.755. The van der Waals surface area contributed by atoms with Gasteiger partial charge in [-0.1, -0.05) is 6.07 Å². The predicted octanol–water partition coefficient (Wildman–Crippen LogP) is 1.75. The molecule has 0 heterocycles. The normalized spacial score (nSPS) is 15.5. The molecular weight excluding hydrogens is 240 g/mol. The number of hydrogen-bond acceptors (Lipinski definition) is 3. The summed E-state index contributed by atoms with van der Waals surface area (Å²) in [6, 6.07) is 3.05. The average molecular weight is 259 g/mol. The molecular formula is C13H19F2NO2. The van der Waals surface area contributed by atoms with Crippen LogP contribution in [0.5, 0.6) is 0 Å². The third-order valence-electron chi connectivity index (χ3n) is 3.12. The van der Waals surface area contributed by atoms with Gasteiger partial charge >= 0.3 is 0 Å². The Morgan fingerprint density at radius 1 is 1.28 bits per heavy atom. The highest BCUT2D eigenvalue weighted by molar-refractivity contribution is 5.21. The molecule has 1 aromatic carbocycles. The number of β-amino-alcohol motifs (C(OH)–C–C–N with tert-alkyl or cyclic N) is 1. The lowest BCUT2D eigenvalue weighted by atomic mass is 9.98. The largest absolute Gasteiger partial charge is 0.392 e. The van der Waals surface area contributed by atoms with E-state index in [1.807, 2.05) is 0 Å². The number of benzene rings is 1. The first-order valence-corrected chi connectivity index (χ1v) is 5.80. The van der Waals surface area contributed by atoms with Gasteiger partial charge in [-0.15, -0.1) is 0 Å². The highest BCUT2D eigenvalue weighted by Gasteiger charge is 2.25. The van der Waals surface area contributed by atoms with E-state index in [2.05, 4.69) is 5.32 Å². The second-order valence-corrected chi connectivity index (χ2v) is 4.96. The number of aliphatic hydroxyl groups excluding tert-OH is 2. The SMILES string of the molecule is CC(O)C(C)(C)NCC(O)c1ccc(F)cc1F. The smallest absolute Gasteiger partial charge is 0.131 e. The summed E-state index contributed by atoms with van der Waals surface area (Å²) in [5.74, 6) is -1.46. The molecule has 2 unspecified atom stereocenters. The first-order valence-electron chi connectivity index (χ1n) is 5.80. The molecule has 0 aromatic heterocycles. The summed E-state index contributed by atoms with van der Waals surface area (Å²) in [6.45, 7) is 5.23. The van der Waals surface area contributed by atoms with E-state index in [-0.39, 0.29) is 12.1 Å². The van der Waals surface area contributed by atoms with Crippen LogP contribution in [0.3, 0.4) is 0 Å². The van der Waals surface area contributed by atoms with Crippen molar-refractivity contribution in [1.82, 2.24) is 5.32 Å².